The first-order valence-electron chi connectivity index (χ1n) is 8.46. The first-order chi connectivity index (χ1) is 14.2. The fourth-order valence-corrected chi connectivity index (χ4v) is 4.47. The summed E-state index contributed by atoms with van der Waals surface area (Å²) in [4.78, 5) is 53.1. The summed E-state index contributed by atoms with van der Waals surface area (Å²) in [5.41, 5.74) is 0.702. The number of halogens is 2. The zero-order valence-corrected chi connectivity index (χ0v) is 18.5. The molecule has 4 amide bonds. The van der Waals surface area contributed by atoms with Crippen molar-refractivity contribution in [1.82, 2.24) is 15.2 Å². The van der Waals surface area contributed by atoms with Gasteiger partial charge in [-0.15, -0.1) is 11.3 Å². The number of amides is 4. The maximum atomic E-state index is 12.5. The number of imide groups is 1. The highest BCUT2D eigenvalue weighted by atomic mass is 35.5. The van der Waals surface area contributed by atoms with E-state index in [4.69, 9.17) is 23.2 Å². The molecule has 1 aromatic carbocycles. The van der Waals surface area contributed by atoms with Crippen LogP contribution < -0.4 is 10.6 Å². The Kier molecular flexibility index (Phi) is 7.14. The van der Waals surface area contributed by atoms with Crippen molar-refractivity contribution in [2.45, 2.75) is 6.92 Å². The molecule has 30 heavy (non-hydrogen) atoms. The third-order valence-electron chi connectivity index (χ3n) is 3.76. The lowest BCUT2D eigenvalue weighted by Crippen LogP contribution is -2.37. The number of hydrogen-bond donors (Lipinski definition) is 2. The van der Waals surface area contributed by atoms with Crippen molar-refractivity contribution in [3.05, 3.63) is 49.8 Å². The van der Waals surface area contributed by atoms with Crippen LogP contribution in [0.4, 0.5) is 9.93 Å². The van der Waals surface area contributed by atoms with Gasteiger partial charge in [-0.3, -0.25) is 24.1 Å². The van der Waals surface area contributed by atoms with E-state index in [1.807, 2.05) is 0 Å². The average molecular weight is 485 g/mol. The SMILES string of the molecule is CC(=O)Nc1nc(C(=O)NCCN2C(=O)S/C(=C\c3ccc(Cl)cc3Cl)C2=O)cs1. The summed E-state index contributed by atoms with van der Waals surface area (Å²) >= 11 is 13.9. The van der Waals surface area contributed by atoms with Crippen molar-refractivity contribution in [3.63, 3.8) is 0 Å². The van der Waals surface area contributed by atoms with Crippen molar-refractivity contribution < 1.29 is 19.2 Å². The molecule has 0 bridgehead atoms. The summed E-state index contributed by atoms with van der Waals surface area (Å²) < 4.78 is 0. The van der Waals surface area contributed by atoms with Crippen LogP contribution in [0.25, 0.3) is 6.08 Å². The lowest BCUT2D eigenvalue weighted by molar-refractivity contribution is -0.122. The summed E-state index contributed by atoms with van der Waals surface area (Å²) in [6.45, 7) is 1.40. The number of nitrogens with zero attached hydrogens (tertiary/aromatic N) is 2. The number of thioether (sulfide) groups is 1. The number of thiazole rings is 1. The van der Waals surface area contributed by atoms with Gasteiger partial charge >= 0.3 is 0 Å². The molecule has 0 spiro atoms. The Morgan fingerprint density at radius 3 is 2.73 bits per heavy atom. The van der Waals surface area contributed by atoms with Gasteiger partial charge in [-0.2, -0.15) is 0 Å². The van der Waals surface area contributed by atoms with E-state index < -0.39 is 17.1 Å². The standard InChI is InChI=1S/C18H14Cl2N4O4S2/c1-9(25)22-17-23-13(8-29-17)15(26)21-4-5-24-16(27)14(30-18(24)28)6-10-2-3-11(19)7-12(10)20/h2-3,6-8H,4-5H2,1H3,(H,21,26)(H,22,23,25)/b14-6-. The minimum absolute atomic E-state index is 0.00475. The van der Waals surface area contributed by atoms with Gasteiger partial charge in [0.15, 0.2) is 5.13 Å². The summed E-state index contributed by atoms with van der Waals surface area (Å²) in [6.07, 6.45) is 1.53. The number of carbonyl (C=O) groups is 4. The van der Waals surface area contributed by atoms with Gasteiger partial charge in [-0.05, 0) is 35.5 Å². The number of anilines is 1. The van der Waals surface area contributed by atoms with Crippen LogP contribution in [0, 0.1) is 0 Å². The van der Waals surface area contributed by atoms with E-state index >= 15 is 0 Å². The normalized spacial score (nSPS) is 15.0. The van der Waals surface area contributed by atoms with E-state index in [-0.39, 0.29) is 29.6 Å². The number of hydrogen-bond acceptors (Lipinski definition) is 7. The van der Waals surface area contributed by atoms with Gasteiger partial charge in [0.2, 0.25) is 5.91 Å². The van der Waals surface area contributed by atoms with Crippen LogP contribution in [0.1, 0.15) is 23.0 Å². The molecule has 1 aliphatic rings. The van der Waals surface area contributed by atoms with E-state index in [1.54, 1.807) is 18.2 Å². The van der Waals surface area contributed by atoms with Crippen molar-refractivity contribution in [3.8, 4) is 0 Å². The molecule has 1 aromatic heterocycles. The number of carbonyl (C=O) groups excluding carboxylic acids is 4. The number of rotatable bonds is 6. The Morgan fingerprint density at radius 2 is 2.03 bits per heavy atom. The molecule has 0 unspecified atom stereocenters. The first-order valence-corrected chi connectivity index (χ1v) is 10.9. The molecule has 0 saturated carbocycles. The summed E-state index contributed by atoms with van der Waals surface area (Å²) in [5.74, 6) is -1.23. The lowest BCUT2D eigenvalue weighted by atomic mass is 10.2. The quantitative estimate of drug-likeness (QED) is 0.602. The second-order valence-electron chi connectivity index (χ2n) is 5.97. The monoisotopic (exact) mass is 484 g/mol. The van der Waals surface area contributed by atoms with Gasteiger partial charge in [0.1, 0.15) is 5.69 Å². The molecule has 3 rings (SSSR count). The van der Waals surface area contributed by atoms with E-state index in [2.05, 4.69) is 15.6 Å². The van der Waals surface area contributed by atoms with Crippen LogP contribution >= 0.6 is 46.3 Å². The van der Waals surface area contributed by atoms with E-state index in [9.17, 15) is 19.2 Å². The molecular weight excluding hydrogens is 471 g/mol. The molecule has 1 fully saturated rings. The van der Waals surface area contributed by atoms with Gasteiger partial charge < -0.3 is 10.6 Å². The Balaban J connectivity index is 1.58. The Hall–Kier alpha value is -2.40. The third kappa shape index (κ3) is 5.39. The molecule has 2 N–H and O–H groups in total. The van der Waals surface area contributed by atoms with Crippen LogP contribution in [-0.4, -0.2) is 45.9 Å². The van der Waals surface area contributed by atoms with Crippen LogP contribution in [-0.2, 0) is 9.59 Å². The molecule has 8 nitrogen and oxygen atoms in total. The molecule has 1 saturated heterocycles. The maximum Gasteiger partial charge on any atom is 0.293 e. The fourth-order valence-electron chi connectivity index (χ4n) is 2.41. The van der Waals surface area contributed by atoms with Crippen LogP contribution in [0.3, 0.4) is 0 Å². The third-order valence-corrected chi connectivity index (χ3v) is 5.99. The minimum atomic E-state index is -0.474. The van der Waals surface area contributed by atoms with Crippen molar-refractivity contribution in [2.75, 3.05) is 18.4 Å². The van der Waals surface area contributed by atoms with E-state index in [0.29, 0.717) is 20.7 Å². The van der Waals surface area contributed by atoms with Gasteiger partial charge in [-0.1, -0.05) is 29.3 Å². The fraction of sp³-hybridized carbons (Fsp3) is 0.167. The van der Waals surface area contributed by atoms with E-state index in [0.717, 1.165) is 28.0 Å². The first kappa shape index (κ1) is 22.3. The van der Waals surface area contributed by atoms with Crippen LogP contribution in [0.15, 0.2) is 28.5 Å². The Labute approximate surface area is 189 Å². The van der Waals surface area contributed by atoms with Gasteiger partial charge in [0.05, 0.1) is 4.91 Å². The van der Waals surface area contributed by atoms with Crippen molar-refractivity contribution in [1.29, 1.82) is 0 Å². The molecule has 12 heteroatoms. The summed E-state index contributed by atoms with van der Waals surface area (Å²) in [7, 11) is 0. The number of aromatic nitrogens is 1. The average Bonchev–Trinajstić information content (AvgIpc) is 3.23. The molecule has 1 aliphatic heterocycles. The van der Waals surface area contributed by atoms with Gasteiger partial charge in [0.25, 0.3) is 17.1 Å². The Morgan fingerprint density at radius 1 is 1.27 bits per heavy atom. The predicted octanol–water partition coefficient (Wildman–Crippen LogP) is 3.87. The highest BCUT2D eigenvalue weighted by Crippen LogP contribution is 2.33. The van der Waals surface area contributed by atoms with Crippen LogP contribution in [0.5, 0.6) is 0 Å². The number of nitrogens with one attached hydrogen (secondary N) is 2. The zero-order valence-electron chi connectivity index (χ0n) is 15.4. The summed E-state index contributed by atoms with van der Waals surface area (Å²) in [6, 6.07) is 4.83. The largest absolute Gasteiger partial charge is 0.349 e. The highest BCUT2D eigenvalue weighted by Gasteiger charge is 2.34. The molecule has 0 atom stereocenters. The second-order valence-corrected chi connectivity index (χ2v) is 8.67. The minimum Gasteiger partial charge on any atom is -0.349 e. The van der Waals surface area contributed by atoms with Crippen molar-refractivity contribution in [2.24, 2.45) is 0 Å². The molecule has 0 aliphatic carbocycles. The van der Waals surface area contributed by atoms with Crippen molar-refractivity contribution >= 4 is 80.5 Å². The number of benzene rings is 1. The lowest BCUT2D eigenvalue weighted by Gasteiger charge is -2.12. The highest BCUT2D eigenvalue weighted by molar-refractivity contribution is 8.18. The van der Waals surface area contributed by atoms with Gasteiger partial charge in [0, 0.05) is 35.4 Å². The molecular formula is C18H14Cl2N4O4S2. The smallest absolute Gasteiger partial charge is 0.293 e. The Bertz CT molecular complexity index is 1070. The maximum absolute atomic E-state index is 12.5. The van der Waals surface area contributed by atoms with Crippen LogP contribution in [0.2, 0.25) is 10.0 Å². The predicted molar refractivity (Wildman–Crippen MR) is 118 cm³/mol. The van der Waals surface area contributed by atoms with E-state index in [1.165, 1.54) is 18.4 Å². The molecule has 156 valence electrons. The second kappa shape index (κ2) is 9.61. The molecule has 2 heterocycles. The topological polar surface area (TPSA) is 108 Å². The molecule has 2 aromatic rings. The zero-order chi connectivity index (χ0) is 21.8. The molecule has 0 radical (unpaired) electrons. The summed E-state index contributed by atoms with van der Waals surface area (Å²) in [5, 5.41) is 7.28. The van der Waals surface area contributed by atoms with Gasteiger partial charge in [-0.25, -0.2) is 4.98 Å².